The molecule has 0 aromatic carbocycles. The Morgan fingerprint density at radius 2 is 1.84 bits per heavy atom. The zero-order chi connectivity index (χ0) is 14.5. The summed E-state index contributed by atoms with van der Waals surface area (Å²) in [4.78, 5) is 11.6. The van der Waals surface area contributed by atoms with Crippen molar-refractivity contribution in [2.45, 2.75) is 71.4 Å². The van der Waals surface area contributed by atoms with E-state index in [9.17, 15) is 9.90 Å². The fourth-order valence-electron chi connectivity index (χ4n) is 2.41. The second-order valence-electron chi connectivity index (χ2n) is 6.87. The molecule has 0 aliphatic heterocycles. The Balaban J connectivity index is 2.24. The van der Waals surface area contributed by atoms with Crippen molar-refractivity contribution in [1.29, 1.82) is 0 Å². The second kappa shape index (κ2) is 6.71. The molecule has 3 N–H and O–H groups in total. The molecule has 112 valence electrons. The predicted molar refractivity (Wildman–Crippen MR) is 78.0 cm³/mol. The number of nitrogens with one attached hydrogen (secondary N) is 2. The summed E-state index contributed by atoms with van der Waals surface area (Å²) in [6.45, 7) is 9.34. The third-order valence-electron chi connectivity index (χ3n) is 4.29. The molecule has 4 nitrogen and oxygen atoms in total. The Morgan fingerprint density at radius 1 is 1.26 bits per heavy atom. The van der Waals surface area contributed by atoms with Gasteiger partial charge in [0.1, 0.15) is 0 Å². The smallest absolute Gasteiger partial charge is 0.234 e. The molecule has 1 rings (SSSR count). The minimum Gasteiger partial charge on any atom is -0.389 e. The minimum atomic E-state index is -0.633. The monoisotopic (exact) mass is 270 g/mol. The van der Waals surface area contributed by atoms with Crippen LogP contribution in [0.5, 0.6) is 0 Å². The topological polar surface area (TPSA) is 61.4 Å². The molecule has 0 bridgehead atoms. The van der Waals surface area contributed by atoms with Crippen molar-refractivity contribution in [2.24, 2.45) is 5.41 Å². The van der Waals surface area contributed by atoms with Gasteiger partial charge in [-0.15, -0.1) is 0 Å². The van der Waals surface area contributed by atoms with Crippen LogP contribution in [0.25, 0.3) is 0 Å². The molecule has 1 saturated carbocycles. The maximum atomic E-state index is 11.6. The van der Waals surface area contributed by atoms with Gasteiger partial charge in [-0.2, -0.15) is 0 Å². The van der Waals surface area contributed by atoms with E-state index in [1.807, 2.05) is 13.8 Å². The van der Waals surface area contributed by atoms with E-state index >= 15 is 0 Å². The van der Waals surface area contributed by atoms with Gasteiger partial charge in [-0.05, 0) is 44.4 Å². The number of rotatable bonds is 6. The molecule has 1 unspecified atom stereocenters. The van der Waals surface area contributed by atoms with Crippen molar-refractivity contribution in [3.05, 3.63) is 0 Å². The van der Waals surface area contributed by atoms with Crippen LogP contribution in [0, 0.1) is 5.41 Å². The van der Waals surface area contributed by atoms with Gasteiger partial charge in [0.15, 0.2) is 0 Å². The van der Waals surface area contributed by atoms with Crippen molar-refractivity contribution in [2.75, 3.05) is 13.1 Å². The van der Waals surface area contributed by atoms with Crippen molar-refractivity contribution >= 4 is 5.91 Å². The number of carbonyl (C=O) groups is 1. The van der Waals surface area contributed by atoms with Gasteiger partial charge in [-0.3, -0.25) is 4.79 Å². The van der Waals surface area contributed by atoms with E-state index in [-0.39, 0.29) is 18.5 Å². The molecule has 4 heteroatoms. The zero-order valence-corrected chi connectivity index (χ0v) is 12.9. The van der Waals surface area contributed by atoms with E-state index in [1.165, 1.54) is 0 Å². The molecule has 1 amide bonds. The second-order valence-corrected chi connectivity index (χ2v) is 6.87. The van der Waals surface area contributed by atoms with Crippen LogP contribution in [0.1, 0.15) is 59.8 Å². The lowest BCUT2D eigenvalue weighted by atomic mass is 9.71. The molecule has 0 aromatic heterocycles. The first-order valence-corrected chi connectivity index (χ1v) is 7.49. The van der Waals surface area contributed by atoms with Crippen LogP contribution in [0.3, 0.4) is 0 Å². The average Bonchev–Trinajstić information content (AvgIpc) is 2.33. The van der Waals surface area contributed by atoms with Crippen LogP contribution in [0.4, 0.5) is 0 Å². The van der Waals surface area contributed by atoms with Gasteiger partial charge in [-0.25, -0.2) is 0 Å². The van der Waals surface area contributed by atoms with Gasteiger partial charge in [0.2, 0.25) is 5.91 Å². The molecule has 0 radical (unpaired) electrons. The van der Waals surface area contributed by atoms with Gasteiger partial charge in [0, 0.05) is 12.6 Å². The van der Waals surface area contributed by atoms with Gasteiger partial charge < -0.3 is 15.7 Å². The lowest BCUT2D eigenvalue weighted by Gasteiger charge is -2.40. The molecule has 1 aliphatic carbocycles. The average molecular weight is 270 g/mol. The van der Waals surface area contributed by atoms with Crippen LogP contribution in [0.2, 0.25) is 0 Å². The Hall–Kier alpha value is -0.610. The van der Waals surface area contributed by atoms with E-state index < -0.39 is 5.60 Å². The standard InChI is InChI=1S/C15H30N2O2/c1-5-12(2)17-13(18)10-16-11-15(19)8-6-14(3,4)7-9-15/h12,16,19H,5-11H2,1-4H3,(H,17,18). The van der Waals surface area contributed by atoms with E-state index in [2.05, 4.69) is 24.5 Å². The Labute approximate surface area is 117 Å². The van der Waals surface area contributed by atoms with E-state index in [0.717, 1.165) is 32.1 Å². The number of carbonyl (C=O) groups excluding carboxylic acids is 1. The van der Waals surface area contributed by atoms with Crippen molar-refractivity contribution in [3.63, 3.8) is 0 Å². The SMILES string of the molecule is CCC(C)NC(=O)CNCC1(O)CCC(C)(C)CC1. The summed E-state index contributed by atoms with van der Waals surface area (Å²) in [5, 5.41) is 16.5. The molecule has 0 heterocycles. The van der Waals surface area contributed by atoms with E-state index in [1.54, 1.807) is 0 Å². The maximum Gasteiger partial charge on any atom is 0.234 e. The van der Waals surface area contributed by atoms with E-state index in [0.29, 0.717) is 12.0 Å². The molecule has 1 atom stereocenters. The molecular formula is C15H30N2O2. The molecule has 0 aromatic rings. The highest BCUT2D eigenvalue weighted by Crippen LogP contribution is 2.39. The number of aliphatic hydroxyl groups is 1. The normalized spacial score (nSPS) is 22.8. The molecule has 19 heavy (non-hydrogen) atoms. The number of amides is 1. The first-order chi connectivity index (χ1) is 8.76. The van der Waals surface area contributed by atoms with Gasteiger partial charge in [0.25, 0.3) is 0 Å². The van der Waals surface area contributed by atoms with Gasteiger partial charge in [0.05, 0.1) is 12.1 Å². The lowest BCUT2D eigenvalue weighted by Crippen LogP contribution is -2.48. The quantitative estimate of drug-likeness (QED) is 0.690. The highest BCUT2D eigenvalue weighted by Gasteiger charge is 2.36. The Kier molecular flexibility index (Phi) is 5.81. The zero-order valence-electron chi connectivity index (χ0n) is 12.9. The van der Waals surface area contributed by atoms with Crippen LogP contribution in [-0.4, -0.2) is 35.7 Å². The maximum absolute atomic E-state index is 11.6. The van der Waals surface area contributed by atoms with Crippen molar-refractivity contribution in [3.8, 4) is 0 Å². The Bertz CT molecular complexity index is 293. The van der Waals surface area contributed by atoms with Crippen LogP contribution >= 0.6 is 0 Å². The lowest BCUT2D eigenvalue weighted by molar-refractivity contribution is -0.121. The van der Waals surface area contributed by atoms with Crippen LogP contribution in [0.15, 0.2) is 0 Å². The summed E-state index contributed by atoms with van der Waals surface area (Å²) >= 11 is 0. The molecular weight excluding hydrogens is 240 g/mol. The van der Waals surface area contributed by atoms with Gasteiger partial charge in [-0.1, -0.05) is 20.8 Å². The highest BCUT2D eigenvalue weighted by atomic mass is 16.3. The van der Waals surface area contributed by atoms with E-state index in [4.69, 9.17) is 0 Å². The summed E-state index contributed by atoms with van der Waals surface area (Å²) in [5.74, 6) is 0.00842. The van der Waals surface area contributed by atoms with Crippen molar-refractivity contribution in [1.82, 2.24) is 10.6 Å². The Morgan fingerprint density at radius 3 is 2.37 bits per heavy atom. The highest BCUT2D eigenvalue weighted by molar-refractivity contribution is 5.78. The first kappa shape index (κ1) is 16.4. The number of hydrogen-bond donors (Lipinski definition) is 3. The number of hydrogen-bond acceptors (Lipinski definition) is 3. The fraction of sp³-hybridized carbons (Fsp3) is 0.933. The van der Waals surface area contributed by atoms with Gasteiger partial charge >= 0.3 is 0 Å². The van der Waals surface area contributed by atoms with Crippen LogP contribution in [-0.2, 0) is 4.79 Å². The molecule has 1 fully saturated rings. The molecule has 0 saturated heterocycles. The summed E-state index contributed by atoms with van der Waals surface area (Å²) in [5.41, 5.74) is -0.285. The third-order valence-corrected chi connectivity index (χ3v) is 4.29. The summed E-state index contributed by atoms with van der Waals surface area (Å²) in [7, 11) is 0. The predicted octanol–water partition coefficient (Wildman–Crippen LogP) is 1.82. The van der Waals surface area contributed by atoms with Crippen molar-refractivity contribution < 1.29 is 9.90 Å². The molecule has 0 spiro atoms. The summed E-state index contributed by atoms with van der Waals surface area (Å²) < 4.78 is 0. The minimum absolute atomic E-state index is 0.00842. The third kappa shape index (κ3) is 5.91. The summed E-state index contributed by atoms with van der Waals surface area (Å²) in [6.07, 6.45) is 4.67. The first-order valence-electron chi connectivity index (χ1n) is 7.49. The van der Waals surface area contributed by atoms with Crippen LogP contribution < -0.4 is 10.6 Å². The molecule has 1 aliphatic rings. The fourth-order valence-corrected chi connectivity index (χ4v) is 2.41. The summed E-state index contributed by atoms with van der Waals surface area (Å²) in [6, 6.07) is 0.216. The largest absolute Gasteiger partial charge is 0.389 e.